The van der Waals surface area contributed by atoms with Crippen LogP contribution in [0.4, 0.5) is 0 Å². The number of nitrogens with zero attached hydrogens (tertiary/aromatic N) is 2. The molecule has 2 heterocycles. The fraction of sp³-hybridized carbons (Fsp3) is 0.333. The van der Waals surface area contributed by atoms with Crippen molar-refractivity contribution in [3.05, 3.63) is 84.2 Å². The van der Waals surface area contributed by atoms with E-state index < -0.39 is 0 Å². The lowest BCUT2D eigenvalue weighted by molar-refractivity contribution is 0.445. The van der Waals surface area contributed by atoms with E-state index in [-0.39, 0.29) is 6.04 Å². The minimum atomic E-state index is 0.0733. The third kappa shape index (κ3) is 3.97. The molecule has 1 aliphatic rings. The van der Waals surface area contributed by atoms with E-state index in [1.165, 1.54) is 31.2 Å². The van der Waals surface area contributed by atoms with Crippen molar-refractivity contribution in [1.82, 2.24) is 20.3 Å². The highest BCUT2D eigenvalue weighted by Crippen LogP contribution is 2.31. The number of hydrogen-bond donors (Lipinski definition) is 2. The predicted molar refractivity (Wildman–Crippen MR) is 99.1 cm³/mol. The molecule has 0 radical (unpaired) electrons. The normalized spacial score (nSPS) is 21.3. The van der Waals surface area contributed by atoms with Gasteiger partial charge >= 0.3 is 0 Å². The first kappa shape index (κ1) is 16.0. The lowest BCUT2D eigenvalue weighted by atomic mass is 9.97. The summed E-state index contributed by atoms with van der Waals surface area (Å²) >= 11 is 0. The molecule has 0 unspecified atom stereocenters. The van der Waals surface area contributed by atoms with Crippen molar-refractivity contribution < 1.29 is 0 Å². The summed E-state index contributed by atoms with van der Waals surface area (Å²) in [5, 5.41) is 3.82. The lowest BCUT2D eigenvalue weighted by Gasteiger charge is -2.22. The van der Waals surface area contributed by atoms with E-state index in [0.29, 0.717) is 6.04 Å². The topological polar surface area (TPSA) is 53.6 Å². The van der Waals surface area contributed by atoms with Crippen LogP contribution < -0.4 is 5.32 Å². The van der Waals surface area contributed by atoms with Crippen molar-refractivity contribution >= 4 is 0 Å². The number of nitrogens with one attached hydrogen (secondary N) is 2. The molecular weight excluding hydrogens is 308 g/mol. The highest BCUT2D eigenvalue weighted by atomic mass is 15.0. The first-order chi connectivity index (χ1) is 12.4. The number of imidazole rings is 1. The Hall–Kier alpha value is -2.46. The zero-order valence-electron chi connectivity index (χ0n) is 14.3. The van der Waals surface area contributed by atoms with Gasteiger partial charge in [-0.05, 0) is 48.8 Å². The molecule has 128 valence electrons. The molecule has 1 aliphatic carbocycles. The van der Waals surface area contributed by atoms with E-state index >= 15 is 0 Å². The van der Waals surface area contributed by atoms with Gasteiger partial charge in [0.15, 0.2) is 0 Å². The molecule has 1 saturated carbocycles. The molecule has 0 aliphatic heterocycles. The van der Waals surface area contributed by atoms with Gasteiger partial charge in [-0.15, -0.1) is 0 Å². The summed E-state index contributed by atoms with van der Waals surface area (Å²) in [7, 11) is 0. The van der Waals surface area contributed by atoms with Crippen LogP contribution in [-0.4, -0.2) is 21.0 Å². The summed E-state index contributed by atoms with van der Waals surface area (Å²) in [4.78, 5) is 12.0. The molecule has 2 aromatic heterocycles. The number of aromatic amines is 1. The molecule has 1 aromatic carbocycles. The maximum absolute atomic E-state index is 4.48. The lowest BCUT2D eigenvalue weighted by Crippen LogP contribution is -2.32. The molecular formula is C21H24N4. The molecule has 0 amide bonds. The molecule has 0 spiro atoms. The number of aromatic nitrogens is 3. The Bertz CT molecular complexity index is 755. The van der Waals surface area contributed by atoms with Crippen LogP contribution in [0.2, 0.25) is 0 Å². The van der Waals surface area contributed by atoms with Crippen LogP contribution in [-0.2, 0) is 6.42 Å². The van der Waals surface area contributed by atoms with Crippen LogP contribution in [0.1, 0.15) is 42.3 Å². The Balaban J connectivity index is 1.43. The Morgan fingerprint density at radius 2 is 2.00 bits per heavy atom. The molecule has 0 bridgehead atoms. The van der Waals surface area contributed by atoms with Crippen molar-refractivity contribution in [2.24, 2.45) is 5.92 Å². The standard InChI is InChI=1S/C21H24N4/c1-2-5-16(6-3-1)13-17-8-9-19(14-17)25-20(21-23-11-12-24-21)18-7-4-10-22-15-18/h1-7,10-12,15,17,19-20,25H,8-9,13-14H2,(H,23,24)/t17-,19-,20+/m0/s1. The first-order valence-corrected chi connectivity index (χ1v) is 9.07. The van der Waals surface area contributed by atoms with Gasteiger partial charge in [-0.3, -0.25) is 4.98 Å². The zero-order chi connectivity index (χ0) is 16.9. The predicted octanol–water partition coefficient (Wildman–Crippen LogP) is 3.90. The van der Waals surface area contributed by atoms with Crippen molar-refractivity contribution in [1.29, 1.82) is 0 Å². The van der Waals surface area contributed by atoms with Crippen LogP contribution in [0.15, 0.2) is 67.3 Å². The summed E-state index contributed by atoms with van der Waals surface area (Å²) in [6, 6.07) is 15.5. The van der Waals surface area contributed by atoms with Crippen LogP contribution in [0.3, 0.4) is 0 Å². The fourth-order valence-corrected chi connectivity index (χ4v) is 3.91. The fourth-order valence-electron chi connectivity index (χ4n) is 3.91. The number of rotatable bonds is 6. The quantitative estimate of drug-likeness (QED) is 0.720. The van der Waals surface area contributed by atoms with E-state index in [2.05, 4.69) is 56.7 Å². The average molecular weight is 332 g/mol. The minimum absolute atomic E-state index is 0.0733. The molecule has 4 rings (SSSR count). The van der Waals surface area contributed by atoms with Crippen LogP contribution in [0.5, 0.6) is 0 Å². The number of pyridine rings is 1. The highest BCUT2D eigenvalue weighted by molar-refractivity contribution is 5.22. The van der Waals surface area contributed by atoms with E-state index in [9.17, 15) is 0 Å². The van der Waals surface area contributed by atoms with Crippen LogP contribution >= 0.6 is 0 Å². The highest BCUT2D eigenvalue weighted by Gasteiger charge is 2.28. The smallest absolute Gasteiger partial charge is 0.127 e. The van der Waals surface area contributed by atoms with Crippen molar-refractivity contribution in [2.75, 3.05) is 0 Å². The van der Waals surface area contributed by atoms with Crippen molar-refractivity contribution in [3.63, 3.8) is 0 Å². The van der Waals surface area contributed by atoms with Gasteiger partial charge in [-0.2, -0.15) is 0 Å². The second-order valence-corrected chi connectivity index (χ2v) is 6.93. The third-order valence-corrected chi connectivity index (χ3v) is 5.12. The second kappa shape index (κ2) is 7.62. The van der Waals surface area contributed by atoms with Gasteiger partial charge in [-0.1, -0.05) is 36.4 Å². The van der Waals surface area contributed by atoms with Crippen LogP contribution in [0.25, 0.3) is 0 Å². The monoisotopic (exact) mass is 332 g/mol. The Labute approximate surface area is 148 Å². The van der Waals surface area contributed by atoms with Crippen molar-refractivity contribution in [2.45, 2.75) is 37.8 Å². The van der Waals surface area contributed by atoms with Gasteiger partial charge in [0.2, 0.25) is 0 Å². The third-order valence-electron chi connectivity index (χ3n) is 5.12. The van der Waals surface area contributed by atoms with Gasteiger partial charge in [0, 0.05) is 30.8 Å². The minimum Gasteiger partial charge on any atom is -0.347 e. The average Bonchev–Trinajstić information content (AvgIpc) is 3.33. The molecule has 0 saturated heterocycles. The molecule has 3 aromatic rings. The zero-order valence-corrected chi connectivity index (χ0v) is 14.3. The Morgan fingerprint density at radius 3 is 2.76 bits per heavy atom. The van der Waals surface area contributed by atoms with Gasteiger partial charge in [-0.25, -0.2) is 4.98 Å². The SMILES string of the molecule is c1ccc(C[C@@H]2CC[C@H](N[C@H](c3cccnc3)c3ncc[nH]3)C2)cc1. The second-order valence-electron chi connectivity index (χ2n) is 6.93. The van der Waals surface area contributed by atoms with Gasteiger partial charge in [0.25, 0.3) is 0 Å². The summed E-state index contributed by atoms with van der Waals surface area (Å²) in [5.41, 5.74) is 2.60. The maximum Gasteiger partial charge on any atom is 0.127 e. The molecule has 1 fully saturated rings. The number of H-pyrrole nitrogens is 1. The van der Waals surface area contributed by atoms with Crippen molar-refractivity contribution in [3.8, 4) is 0 Å². The summed E-state index contributed by atoms with van der Waals surface area (Å²) in [6.45, 7) is 0. The van der Waals surface area contributed by atoms with E-state index in [4.69, 9.17) is 0 Å². The van der Waals surface area contributed by atoms with Gasteiger partial charge in [0.05, 0.1) is 6.04 Å². The number of hydrogen-bond acceptors (Lipinski definition) is 3. The summed E-state index contributed by atoms with van der Waals surface area (Å²) in [6.07, 6.45) is 12.3. The van der Waals surface area contributed by atoms with Gasteiger partial charge < -0.3 is 10.3 Å². The molecule has 2 N–H and O–H groups in total. The van der Waals surface area contributed by atoms with E-state index in [0.717, 1.165) is 17.3 Å². The number of benzene rings is 1. The Kier molecular flexibility index (Phi) is 4.89. The van der Waals surface area contributed by atoms with Crippen LogP contribution in [0, 0.1) is 5.92 Å². The maximum atomic E-state index is 4.48. The largest absolute Gasteiger partial charge is 0.347 e. The molecule has 25 heavy (non-hydrogen) atoms. The molecule has 4 heteroatoms. The van der Waals surface area contributed by atoms with Gasteiger partial charge in [0.1, 0.15) is 5.82 Å². The first-order valence-electron chi connectivity index (χ1n) is 9.07. The van der Waals surface area contributed by atoms with E-state index in [1.54, 1.807) is 0 Å². The summed E-state index contributed by atoms with van der Waals surface area (Å²) < 4.78 is 0. The molecule has 4 nitrogen and oxygen atoms in total. The Morgan fingerprint density at radius 1 is 1.08 bits per heavy atom. The summed E-state index contributed by atoms with van der Waals surface area (Å²) in [5.74, 6) is 1.71. The molecule has 3 atom stereocenters. The van der Waals surface area contributed by atoms with E-state index in [1.807, 2.05) is 30.9 Å².